The first kappa shape index (κ1) is 15.1. The maximum atomic E-state index is 12.9. The fraction of sp³-hybridized carbons (Fsp3) is 0.750. The van der Waals surface area contributed by atoms with Crippen LogP contribution in [0.1, 0.15) is 62.4 Å². The van der Waals surface area contributed by atoms with E-state index in [2.05, 4.69) is 16.9 Å². The molecule has 4 nitrogen and oxygen atoms in total. The van der Waals surface area contributed by atoms with Crippen molar-refractivity contribution in [3.05, 3.63) is 17.0 Å². The van der Waals surface area contributed by atoms with Crippen LogP contribution in [0.4, 0.5) is 0 Å². The number of rotatable bonds is 3. The molecule has 1 saturated heterocycles. The van der Waals surface area contributed by atoms with Crippen molar-refractivity contribution >= 4 is 5.91 Å². The van der Waals surface area contributed by atoms with Crippen LogP contribution in [0.5, 0.6) is 0 Å². The molecule has 0 aliphatic carbocycles. The Labute approximate surface area is 122 Å². The monoisotopic (exact) mass is 277 g/mol. The SMILES string of the molecule is CCC1CCCCN1C(=O)C(C)c1c(C)nn(C)c1C. The average molecular weight is 277 g/mol. The number of hydrogen-bond acceptors (Lipinski definition) is 2. The van der Waals surface area contributed by atoms with E-state index in [1.807, 2.05) is 32.5 Å². The van der Waals surface area contributed by atoms with Crippen LogP contribution in [0, 0.1) is 13.8 Å². The lowest BCUT2D eigenvalue weighted by Gasteiger charge is -2.37. The zero-order chi connectivity index (χ0) is 14.9. The molecule has 1 amide bonds. The summed E-state index contributed by atoms with van der Waals surface area (Å²) >= 11 is 0. The smallest absolute Gasteiger partial charge is 0.230 e. The number of hydrogen-bond donors (Lipinski definition) is 0. The van der Waals surface area contributed by atoms with E-state index in [9.17, 15) is 4.79 Å². The van der Waals surface area contributed by atoms with E-state index >= 15 is 0 Å². The van der Waals surface area contributed by atoms with Crippen LogP contribution in [0.2, 0.25) is 0 Å². The number of amides is 1. The number of piperidine rings is 1. The van der Waals surface area contributed by atoms with Gasteiger partial charge in [0.15, 0.2) is 0 Å². The normalized spacial score (nSPS) is 21.1. The highest BCUT2D eigenvalue weighted by atomic mass is 16.2. The van der Waals surface area contributed by atoms with Crippen molar-refractivity contribution in [3.63, 3.8) is 0 Å². The summed E-state index contributed by atoms with van der Waals surface area (Å²) in [6, 6.07) is 0.427. The molecule has 1 fully saturated rings. The van der Waals surface area contributed by atoms with Crippen LogP contribution < -0.4 is 0 Å². The van der Waals surface area contributed by atoms with E-state index in [0.717, 1.165) is 42.8 Å². The number of aromatic nitrogens is 2. The fourth-order valence-corrected chi connectivity index (χ4v) is 3.50. The van der Waals surface area contributed by atoms with Crippen molar-refractivity contribution < 1.29 is 4.79 Å². The summed E-state index contributed by atoms with van der Waals surface area (Å²) in [6.45, 7) is 9.18. The minimum atomic E-state index is -0.0872. The predicted octanol–water partition coefficient (Wildman–Crippen LogP) is 2.93. The molecular weight excluding hydrogens is 250 g/mol. The topological polar surface area (TPSA) is 38.1 Å². The highest BCUT2D eigenvalue weighted by molar-refractivity contribution is 5.84. The molecule has 1 aliphatic rings. The maximum Gasteiger partial charge on any atom is 0.230 e. The van der Waals surface area contributed by atoms with Gasteiger partial charge in [-0.3, -0.25) is 9.48 Å². The van der Waals surface area contributed by atoms with E-state index in [-0.39, 0.29) is 11.8 Å². The van der Waals surface area contributed by atoms with Crippen LogP contribution in [0.25, 0.3) is 0 Å². The molecule has 112 valence electrons. The van der Waals surface area contributed by atoms with Gasteiger partial charge in [0, 0.05) is 30.9 Å². The van der Waals surface area contributed by atoms with Gasteiger partial charge < -0.3 is 4.90 Å². The molecule has 0 spiro atoms. The minimum absolute atomic E-state index is 0.0872. The minimum Gasteiger partial charge on any atom is -0.339 e. The van der Waals surface area contributed by atoms with Crippen LogP contribution in [-0.2, 0) is 11.8 Å². The first-order valence-corrected chi connectivity index (χ1v) is 7.77. The molecule has 2 atom stereocenters. The molecule has 0 bridgehead atoms. The third-order valence-electron chi connectivity index (χ3n) is 4.75. The van der Waals surface area contributed by atoms with Crippen molar-refractivity contribution in [3.8, 4) is 0 Å². The Bertz CT molecular complexity index is 492. The molecule has 0 N–H and O–H groups in total. The molecule has 2 rings (SSSR count). The molecule has 1 aliphatic heterocycles. The van der Waals surface area contributed by atoms with Gasteiger partial charge in [0.05, 0.1) is 11.6 Å². The first-order chi connectivity index (χ1) is 9.47. The van der Waals surface area contributed by atoms with Gasteiger partial charge >= 0.3 is 0 Å². The van der Waals surface area contributed by atoms with Gasteiger partial charge in [0.2, 0.25) is 5.91 Å². The molecule has 2 heterocycles. The van der Waals surface area contributed by atoms with Crippen molar-refractivity contribution in [2.45, 2.75) is 65.3 Å². The fourth-order valence-electron chi connectivity index (χ4n) is 3.50. The Morgan fingerprint density at radius 2 is 2.10 bits per heavy atom. The number of carbonyl (C=O) groups is 1. The lowest BCUT2D eigenvalue weighted by atomic mass is 9.93. The second kappa shape index (κ2) is 5.98. The maximum absolute atomic E-state index is 12.9. The summed E-state index contributed by atoms with van der Waals surface area (Å²) in [5.41, 5.74) is 3.20. The molecule has 4 heteroatoms. The highest BCUT2D eigenvalue weighted by Crippen LogP contribution is 2.28. The third-order valence-corrected chi connectivity index (χ3v) is 4.75. The zero-order valence-corrected chi connectivity index (χ0v) is 13.4. The summed E-state index contributed by atoms with van der Waals surface area (Å²) in [7, 11) is 1.94. The van der Waals surface area contributed by atoms with Gasteiger partial charge in [-0.05, 0) is 46.5 Å². The molecular formula is C16H27N3O. The van der Waals surface area contributed by atoms with Gasteiger partial charge in [-0.2, -0.15) is 5.10 Å². The average Bonchev–Trinajstić information content (AvgIpc) is 2.70. The number of likely N-dealkylation sites (tertiary alicyclic amines) is 1. The summed E-state index contributed by atoms with van der Waals surface area (Å²) in [5, 5.41) is 4.44. The van der Waals surface area contributed by atoms with Gasteiger partial charge in [-0.1, -0.05) is 6.92 Å². The Morgan fingerprint density at radius 1 is 1.40 bits per heavy atom. The van der Waals surface area contributed by atoms with Gasteiger partial charge in [-0.15, -0.1) is 0 Å². The van der Waals surface area contributed by atoms with Crippen molar-refractivity contribution in [1.82, 2.24) is 14.7 Å². The lowest BCUT2D eigenvalue weighted by Crippen LogP contribution is -2.45. The molecule has 2 unspecified atom stereocenters. The van der Waals surface area contributed by atoms with Gasteiger partial charge in [0.25, 0.3) is 0 Å². The van der Waals surface area contributed by atoms with E-state index in [0.29, 0.717) is 6.04 Å². The summed E-state index contributed by atoms with van der Waals surface area (Å²) in [4.78, 5) is 15.0. The predicted molar refractivity (Wildman–Crippen MR) is 80.7 cm³/mol. The van der Waals surface area contributed by atoms with Crippen molar-refractivity contribution in [2.24, 2.45) is 7.05 Å². The Hall–Kier alpha value is -1.32. The van der Waals surface area contributed by atoms with Gasteiger partial charge in [0.1, 0.15) is 0 Å². The Kier molecular flexibility index (Phi) is 4.51. The lowest BCUT2D eigenvalue weighted by molar-refractivity contribution is -0.136. The summed E-state index contributed by atoms with van der Waals surface area (Å²) in [6.07, 6.45) is 4.60. The quantitative estimate of drug-likeness (QED) is 0.852. The van der Waals surface area contributed by atoms with Crippen molar-refractivity contribution in [2.75, 3.05) is 6.54 Å². The number of carbonyl (C=O) groups excluding carboxylic acids is 1. The number of nitrogens with zero attached hydrogens (tertiary/aromatic N) is 3. The molecule has 0 saturated carbocycles. The van der Waals surface area contributed by atoms with Crippen LogP contribution in [0.3, 0.4) is 0 Å². The highest BCUT2D eigenvalue weighted by Gasteiger charge is 2.31. The Balaban J connectivity index is 2.23. The van der Waals surface area contributed by atoms with Gasteiger partial charge in [-0.25, -0.2) is 0 Å². The molecule has 0 aromatic carbocycles. The first-order valence-electron chi connectivity index (χ1n) is 7.77. The Morgan fingerprint density at radius 3 is 2.65 bits per heavy atom. The van der Waals surface area contributed by atoms with E-state index < -0.39 is 0 Å². The largest absolute Gasteiger partial charge is 0.339 e. The molecule has 0 radical (unpaired) electrons. The second-order valence-corrected chi connectivity index (χ2v) is 6.02. The second-order valence-electron chi connectivity index (χ2n) is 6.02. The third kappa shape index (κ3) is 2.60. The van der Waals surface area contributed by atoms with E-state index in [1.165, 1.54) is 6.42 Å². The van der Waals surface area contributed by atoms with Crippen LogP contribution in [0.15, 0.2) is 0 Å². The summed E-state index contributed by atoms with van der Waals surface area (Å²) < 4.78 is 1.88. The standard InChI is InChI=1S/C16H27N3O/c1-6-14-9-7-8-10-19(14)16(20)11(2)15-12(3)17-18(5)13(15)4/h11,14H,6-10H2,1-5H3. The molecule has 1 aromatic rings. The van der Waals surface area contributed by atoms with E-state index in [4.69, 9.17) is 0 Å². The van der Waals surface area contributed by atoms with E-state index in [1.54, 1.807) is 0 Å². The van der Waals surface area contributed by atoms with Crippen LogP contribution >= 0.6 is 0 Å². The zero-order valence-electron chi connectivity index (χ0n) is 13.4. The van der Waals surface area contributed by atoms with Crippen molar-refractivity contribution in [1.29, 1.82) is 0 Å². The molecule has 20 heavy (non-hydrogen) atoms. The molecule has 1 aromatic heterocycles. The van der Waals surface area contributed by atoms with Crippen LogP contribution in [-0.4, -0.2) is 33.2 Å². The number of aryl methyl sites for hydroxylation is 2. The summed E-state index contributed by atoms with van der Waals surface area (Å²) in [5.74, 6) is 0.187.